The lowest BCUT2D eigenvalue weighted by atomic mass is 9.93. The second-order valence-electron chi connectivity index (χ2n) is 9.25. The summed E-state index contributed by atoms with van der Waals surface area (Å²) in [6.45, 7) is 1.61. The zero-order chi connectivity index (χ0) is 29.6. The summed E-state index contributed by atoms with van der Waals surface area (Å²) in [6, 6.07) is 8.25. The molecule has 0 bridgehead atoms. The summed E-state index contributed by atoms with van der Waals surface area (Å²) in [5.41, 5.74) is -0.772. The van der Waals surface area contributed by atoms with Crippen LogP contribution in [0.25, 0.3) is 11.1 Å². The minimum absolute atomic E-state index is 0.0231. The number of amides is 2. The number of nitriles is 1. The third-order valence-electron chi connectivity index (χ3n) is 6.51. The van der Waals surface area contributed by atoms with Crippen molar-refractivity contribution in [3.63, 3.8) is 0 Å². The van der Waals surface area contributed by atoms with Crippen LogP contribution in [0, 0.1) is 23.0 Å². The van der Waals surface area contributed by atoms with E-state index < -0.39 is 52.8 Å². The molecule has 1 aliphatic rings. The SMILES string of the molecule is C[C@H](C#N)n1cc(-c2cc(NC(=O)c3cc(F)cc(C(F)(F)F)c3)c3c(c2)C(=O)N[C@H]3c2cc(F)ccc2Cl)cn1. The largest absolute Gasteiger partial charge is 0.416 e. The predicted molar refractivity (Wildman–Crippen MR) is 138 cm³/mol. The first-order valence-electron chi connectivity index (χ1n) is 11.9. The number of hydrogen-bond donors (Lipinski definition) is 2. The van der Waals surface area contributed by atoms with E-state index in [1.165, 1.54) is 35.3 Å². The Bertz CT molecular complexity index is 1760. The molecule has 4 aromatic rings. The Kier molecular flexibility index (Phi) is 7.00. The zero-order valence-corrected chi connectivity index (χ0v) is 21.6. The Balaban J connectivity index is 1.66. The van der Waals surface area contributed by atoms with Gasteiger partial charge < -0.3 is 10.6 Å². The molecule has 0 aliphatic carbocycles. The molecule has 2 atom stereocenters. The van der Waals surface area contributed by atoms with Crippen molar-refractivity contribution in [1.82, 2.24) is 15.1 Å². The smallest absolute Gasteiger partial charge is 0.341 e. The van der Waals surface area contributed by atoms with Crippen LogP contribution in [-0.4, -0.2) is 21.6 Å². The minimum Gasteiger partial charge on any atom is -0.341 e. The molecule has 0 fully saturated rings. The number of nitrogens with zero attached hydrogens (tertiary/aromatic N) is 3. The Morgan fingerprint density at radius 2 is 1.88 bits per heavy atom. The molecule has 0 spiro atoms. The van der Waals surface area contributed by atoms with Crippen molar-refractivity contribution in [3.05, 3.63) is 105 Å². The summed E-state index contributed by atoms with van der Waals surface area (Å²) in [6.07, 6.45) is -1.94. The van der Waals surface area contributed by atoms with Crippen LogP contribution in [0.15, 0.2) is 60.9 Å². The van der Waals surface area contributed by atoms with Gasteiger partial charge >= 0.3 is 6.18 Å². The fraction of sp³-hybridized carbons (Fsp3) is 0.143. The van der Waals surface area contributed by atoms with Gasteiger partial charge in [0.25, 0.3) is 11.8 Å². The van der Waals surface area contributed by atoms with E-state index in [1.54, 1.807) is 6.92 Å². The molecule has 2 amide bonds. The molecule has 1 aromatic heterocycles. The van der Waals surface area contributed by atoms with Crippen LogP contribution in [0.4, 0.5) is 27.6 Å². The van der Waals surface area contributed by atoms with Gasteiger partial charge in [0.1, 0.15) is 17.7 Å². The summed E-state index contributed by atoms with van der Waals surface area (Å²) >= 11 is 6.30. The maximum atomic E-state index is 14.2. The average molecular weight is 586 g/mol. The molecule has 2 N–H and O–H groups in total. The summed E-state index contributed by atoms with van der Waals surface area (Å²) < 4.78 is 69.4. The second kappa shape index (κ2) is 10.3. The number of rotatable bonds is 5. The molecule has 0 saturated heterocycles. The number of fused-ring (bicyclic) bond motifs is 1. The van der Waals surface area contributed by atoms with E-state index in [-0.39, 0.29) is 33.5 Å². The quantitative estimate of drug-likeness (QED) is 0.256. The third-order valence-corrected chi connectivity index (χ3v) is 6.86. The van der Waals surface area contributed by atoms with E-state index in [2.05, 4.69) is 15.7 Å². The molecule has 7 nitrogen and oxygen atoms in total. The molecule has 0 saturated carbocycles. The number of halogens is 6. The number of nitrogens with one attached hydrogen (secondary N) is 2. The highest BCUT2D eigenvalue weighted by molar-refractivity contribution is 6.31. The summed E-state index contributed by atoms with van der Waals surface area (Å²) in [4.78, 5) is 26.3. The van der Waals surface area contributed by atoms with E-state index in [9.17, 15) is 36.8 Å². The van der Waals surface area contributed by atoms with Gasteiger partial charge in [0.15, 0.2) is 0 Å². The van der Waals surface area contributed by atoms with Gasteiger partial charge in [-0.25, -0.2) is 8.78 Å². The van der Waals surface area contributed by atoms with E-state index in [1.807, 2.05) is 6.07 Å². The Morgan fingerprint density at radius 1 is 1.12 bits per heavy atom. The predicted octanol–water partition coefficient (Wildman–Crippen LogP) is 6.67. The standard InChI is InChI=1S/C28H17ClF5N5O2/c1-13(10-35)39-12-16(11-36-39)14-6-21-24(25(38-27(21)41)20-9-18(30)2-3-22(20)29)23(7-14)37-26(40)15-4-17(28(32,33)34)8-19(31)5-15/h2-9,11-13,25H,1H3,(H,37,40)(H,38,41)/t13-,25+/m1/s1. The van der Waals surface area contributed by atoms with Crippen molar-refractivity contribution in [2.75, 3.05) is 5.32 Å². The zero-order valence-electron chi connectivity index (χ0n) is 20.9. The van der Waals surface area contributed by atoms with Crippen LogP contribution in [-0.2, 0) is 6.18 Å². The second-order valence-corrected chi connectivity index (χ2v) is 9.66. The van der Waals surface area contributed by atoms with Crippen molar-refractivity contribution in [2.24, 2.45) is 0 Å². The molecule has 3 aromatic carbocycles. The van der Waals surface area contributed by atoms with Crippen molar-refractivity contribution < 1.29 is 31.5 Å². The van der Waals surface area contributed by atoms with Gasteiger partial charge in [-0.3, -0.25) is 14.3 Å². The van der Waals surface area contributed by atoms with Gasteiger partial charge in [-0.1, -0.05) is 11.6 Å². The molecule has 13 heteroatoms. The lowest BCUT2D eigenvalue weighted by Crippen LogP contribution is -2.21. The van der Waals surface area contributed by atoms with Crippen LogP contribution < -0.4 is 10.6 Å². The molecule has 1 aliphatic heterocycles. The first-order chi connectivity index (χ1) is 19.3. The van der Waals surface area contributed by atoms with E-state index in [0.717, 1.165) is 12.1 Å². The third kappa shape index (κ3) is 5.36. The van der Waals surface area contributed by atoms with Crippen molar-refractivity contribution in [2.45, 2.75) is 25.2 Å². The van der Waals surface area contributed by atoms with Crippen LogP contribution in [0.2, 0.25) is 5.02 Å². The summed E-state index contributed by atoms with van der Waals surface area (Å²) in [5, 5.41) is 18.6. The topological polar surface area (TPSA) is 99.8 Å². The Labute approximate surface area is 234 Å². The first-order valence-corrected chi connectivity index (χ1v) is 12.3. The Hall–Kier alpha value is -4.76. The van der Waals surface area contributed by atoms with Gasteiger partial charge in [-0.2, -0.15) is 23.5 Å². The fourth-order valence-corrected chi connectivity index (χ4v) is 4.74. The molecule has 0 radical (unpaired) electrons. The molecule has 208 valence electrons. The van der Waals surface area contributed by atoms with Gasteiger partial charge in [0.05, 0.1) is 23.9 Å². The summed E-state index contributed by atoms with van der Waals surface area (Å²) in [7, 11) is 0. The molecular weight excluding hydrogens is 569 g/mol. The van der Waals surface area contributed by atoms with Crippen LogP contribution in [0.3, 0.4) is 0 Å². The normalized spacial score (nSPS) is 15.2. The summed E-state index contributed by atoms with van der Waals surface area (Å²) in [5.74, 6) is -3.60. The average Bonchev–Trinajstić information content (AvgIpc) is 3.54. The van der Waals surface area contributed by atoms with Crippen LogP contribution in [0.5, 0.6) is 0 Å². The van der Waals surface area contributed by atoms with E-state index in [4.69, 9.17) is 11.6 Å². The minimum atomic E-state index is -4.91. The maximum absolute atomic E-state index is 14.2. The van der Waals surface area contributed by atoms with Crippen molar-refractivity contribution in [3.8, 4) is 17.2 Å². The van der Waals surface area contributed by atoms with Crippen molar-refractivity contribution >= 4 is 29.1 Å². The number of aromatic nitrogens is 2. The first kappa shape index (κ1) is 27.8. The Morgan fingerprint density at radius 3 is 2.59 bits per heavy atom. The van der Waals surface area contributed by atoms with Gasteiger partial charge in [0.2, 0.25) is 0 Å². The fourth-order valence-electron chi connectivity index (χ4n) is 4.51. The van der Waals surface area contributed by atoms with Gasteiger partial charge in [0, 0.05) is 44.7 Å². The molecular formula is C28H17ClF5N5O2. The van der Waals surface area contributed by atoms with E-state index in [0.29, 0.717) is 23.3 Å². The number of carbonyl (C=O) groups is 2. The van der Waals surface area contributed by atoms with Crippen molar-refractivity contribution in [1.29, 1.82) is 5.26 Å². The number of anilines is 1. The monoisotopic (exact) mass is 585 g/mol. The maximum Gasteiger partial charge on any atom is 0.416 e. The van der Waals surface area contributed by atoms with Crippen LogP contribution >= 0.6 is 11.6 Å². The van der Waals surface area contributed by atoms with Gasteiger partial charge in [-0.05, 0) is 61.0 Å². The molecule has 2 heterocycles. The highest BCUT2D eigenvalue weighted by Crippen LogP contribution is 2.42. The van der Waals surface area contributed by atoms with Crippen LogP contribution in [0.1, 0.15) is 56.4 Å². The molecule has 41 heavy (non-hydrogen) atoms. The number of hydrogen-bond acceptors (Lipinski definition) is 4. The van der Waals surface area contributed by atoms with Gasteiger partial charge in [-0.15, -0.1) is 0 Å². The lowest BCUT2D eigenvalue weighted by molar-refractivity contribution is -0.137. The highest BCUT2D eigenvalue weighted by atomic mass is 35.5. The molecule has 0 unspecified atom stereocenters. The number of carbonyl (C=O) groups excluding carboxylic acids is 2. The van der Waals surface area contributed by atoms with E-state index >= 15 is 0 Å². The lowest BCUT2D eigenvalue weighted by Gasteiger charge is -2.19. The number of benzene rings is 3. The number of alkyl halides is 3. The molecule has 5 rings (SSSR count). The highest BCUT2D eigenvalue weighted by Gasteiger charge is 2.36.